The molecule has 1 aromatic rings. The molecule has 1 unspecified atom stereocenters. The van der Waals surface area contributed by atoms with Crippen LogP contribution in [0.4, 0.5) is 0 Å². The molecule has 0 aliphatic rings. The van der Waals surface area contributed by atoms with E-state index in [9.17, 15) is 18.3 Å². The average Bonchev–Trinajstić information content (AvgIpc) is 2.28. The van der Waals surface area contributed by atoms with E-state index in [1.165, 1.54) is 26.0 Å². The first-order chi connectivity index (χ1) is 8.65. The van der Waals surface area contributed by atoms with Crippen LogP contribution in [0.25, 0.3) is 0 Å². The lowest BCUT2D eigenvalue weighted by atomic mass is 9.99. The van der Waals surface area contributed by atoms with Gasteiger partial charge in [-0.25, -0.2) is 0 Å². The van der Waals surface area contributed by atoms with Gasteiger partial charge >= 0.3 is 0 Å². The van der Waals surface area contributed by atoms with Gasteiger partial charge in [-0.1, -0.05) is 17.7 Å². The molecule has 0 radical (unpaired) electrons. The maximum Gasteiger partial charge on any atom is 0.296 e. The predicted octanol–water partition coefficient (Wildman–Crippen LogP) is 1.43. The van der Waals surface area contributed by atoms with Gasteiger partial charge in [-0.05, 0) is 32.9 Å². The quantitative estimate of drug-likeness (QED) is 0.800. The smallest absolute Gasteiger partial charge is 0.296 e. The van der Waals surface area contributed by atoms with Crippen LogP contribution >= 0.6 is 0 Å². The highest BCUT2D eigenvalue weighted by Crippen LogP contribution is 2.16. The number of carbonyl (C=O) groups excluding carboxylic acids is 1. The second-order valence-corrected chi connectivity index (χ2v) is 6.28. The lowest BCUT2D eigenvalue weighted by Crippen LogP contribution is -2.34. The van der Waals surface area contributed by atoms with Crippen LogP contribution in [0.5, 0.6) is 0 Å². The minimum atomic E-state index is -3.85. The second kappa shape index (κ2) is 5.81. The molecule has 106 valence electrons. The van der Waals surface area contributed by atoms with E-state index < -0.39 is 21.5 Å². The first-order valence-electron chi connectivity index (χ1n) is 5.85. The van der Waals surface area contributed by atoms with Gasteiger partial charge in [-0.2, -0.15) is 8.42 Å². The molecule has 0 spiro atoms. The third-order valence-electron chi connectivity index (χ3n) is 2.90. The van der Waals surface area contributed by atoms with Crippen molar-refractivity contribution in [2.75, 3.05) is 6.61 Å². The molecule has 6 heteroatoms. The van der Waals surface area contributed by atoms with Gasteiger partial charge in [0, 0.05) is 6.42 Å². The number of rotatable bonds is 6. The second-order valence-electron chi connectivity index (χ2n) is 4.67. The molecular weight excluding hydrogens is 268 g/mol. The Bertz CT molecular complexity index is 543. The van der Waals surface area contributed by atoms with Crippen molar-refractivity contribution in [3.05, 3.63) is 29.8 Å². The largest absolute Gasteiger partial charge is 0.382 e. The summed E-state index contributed by atoms with van der Waals surface area (Å²) in [4.78, 5) is 11.1. The highest BCUT2D eigenvalue weighted by molar-refractivity contribution is 7.86. The molecule has 0 amide bonds. The molecule has 0 aliphatic carbocycles. The Morgan fingerprint density at radius 2 is 1.84 bits per heavy atom. The van der Waals surface area contributed by atoms with Crippen molar-refractivity contribution in [3.63, 3.8) is 0 Å². The van der Waals surface area contributed by atoms with Crippen LogP contribution < -0.4 is 0 Å². The van der Waals surface area contributed by atoms with Gasteiger partial charge in [-0.15, -0.1) is 0 Å². The van der Waals surface area contributed by atoms with Gasteiger partial charge in [-0.3, -0.25) is 8.98 Å². The first kappa shape index (κ1) is 15.8. The average molecular weight is 286 g/mol. The molecule has 5 nitrogen and oxygen atoms in total. The van der Waals surface area contributed by atoms with Gasteiger partial charge in [0.1, 0.15) is 5.60 Å². The van der Waals surface area contributed by atoms with Crippen LogP contribution in [0, 0.1) is 6.92 Å². The van der Waals surface area contributed by atoms with Crippen molar-refractivity contribution in [2.45, 2.75) is 37.7 Å². The van der Waals surface area contributed by atoms with Crippen molar-refractivity contribution >= 4 is 15.9 Å². The Labute approximate surface area is 113 Å². The summed E-state index contributed by atoms with van der Waals surface area (Å²) in [7, 11) is -3.85. The molecule has 0 fully saturated rings. The van der Waals surface area contributed by atoms with Crippen molar-refractivity contribution in [2.24, 2.45) is 0 Å². The Balaban J connectivity index is 2.67. The van der Waals surface area contributed by atoms with Crippen molar-refractivity contribution in [1.29, 1.82) is 0 Å². The third kappa shape index (κ3) is 4.41. The normalized spacial score (nSPS) is 14.9. The van der Waals surface area contributed by atoms with Gasteiger partial charge in [0.25, 0.3) is 10.1 Å². The zero-order chi connectivity index (χ0) is 14.7. The fourth-order valence-electron chi connectivity index (χ4n) is 1.30. The Morgan fingerprint density at radius 3 is 2.32 bits per heavy atom. The summed E-state index contributed by atoms with van der Waals surface area (Å²) >= 11 is 0. The summed E-state index contributed by atoms with van der Waals surface area (Å²) in [5.41, 5.74) is -0.624. The number of benzene rings is 1. The number of Topliss-reactive ketones (excluding diaryl/α,β-unsaturated/α-hetero) is 1. The molecule has 1 aromatic carbocycles. The van der Waals surface area contributed by atoms with Crippen LogP contribution in [0.3, 0.4) is 0 Å². The summed E-state index contributed by atoms with van der Waals surface area (Å²) < 4.78 is 28.4. The van der Waals surface area contributed by atoms with Crippen LogP contribution in [0.1, 0.15) is 25.8 Å². The maximum absolute atomic E-state index is 11.8. The van der Waals surface area contributed by atoms with Gasteiger partial charge in [0.05, 0.1) is 11.5 Å². The highest BCUT2D eigenvalue weighted by atomic mass is 32.2. The number of aliphatic hydroxyl groups is 1. The Kier molecular flexibility index (Phi) is 4.84. The predicted molar refractivity (Wildman–Crippen MR) is 70.2 cm³/mol. The van der Waals surface area contributed by atoms with E-state index in [0.29, 0.717) is 0 Å². The molecule has 0 heterocycles. The molecular formula is C13H18O5S. The van der Waals surface area contributed by atoms with Gasteiger partial charge in [0.2, 0.25) is 0 Å². The van der Waals surface area contributed by atoms with E-state index in [-0.39, 0.29) is 17.9 Å². The van der Waals surface area contributed by atoms with Crippen LogP contribution in [-0.4, -0.2) is 31.5 Å². The summed E-state index contributed by atoms with van der Waals surface area (Å²) in [6.45, 7) is 4.18. The van der Waals surface area contributed by atoms with Crippen LogP contribution in [0.15, 0.2) is 29.2 Å². The highest BCUT2D eigenvalue weighted by Gasteiger charge is 2.27. The molecule has 0 aromatic heterocycles. The molecule has 1 N–H and O–H groups in total. The molecule has 0 aliphatic heterocycles. The summed E-state index contributed by atoms with van der Waals surface area (Å²) in [6.07, 6.45) is -0.0760. The number of aryl methyl sites for hydroxylation is 1. The lowest BCUT2D eigenvalue weighted by molar-refractivity contribution is -0.134. The van der Waals surface area contributed by atoms with Gasteiger partial charge in [0.15, 0.2) is 5.78 Å². The van der Waals surface area contributed by atoms with Crippen LogP contribution in [-0.2, 0) is 19.1 Å². The number of ketones is 1. The first-order valence-corrected chi connectivity index (χ1v) is 7.25. The third-order valence-corrected chi connectivity index (χ3v) is 4.22. The number of carbonyl (C=O) groups is 1. The monoisotopic (exact) mass is 286 g/mol. The summed E-state index contributed by atoms with van der Waals surface area (Å²) in [6, 6.07) is 6.24. The van der Waals surface area contributed by atoms with Crippen molar-refractivity contribution in [1.82, 2.24) is 0 Å². The zero-order valence-corrected chi connectivity index (χ0v) is 12.0. The van der Waals surface area contributed by atoms with E-state index in [4.69, 9.17) is 4.18 Å². The number of hydrogen-bond donors (Lipinski definition) is 1. The lowest BCUT2D eigenvalue weighted by Gasteiger charge is -2.19. The topological polar surface area (TPSA) is 80.7 Å². The van der Waals surface area contributed by atoms with Crippen molar-refractivity contribution in [3.8, 4) is 0 Å². The van der Waals surface area contributed by atoms with Crippen molar-refractivity contribution < 1.29 is 22.5 Å². The zero-order valence-electron chi connectivity index (χ0n) is 11.2. The summed E-state index contributed by atoms with van der Waals surface area (Å²) in [5, 5.41) is 9.67. The van der Waals surface area contributed by atoms with Crippen LogP contribution in [0.2, 0.25) is 0 Å². The van der Waals surface area contributed by atoms with E-state index in [0.717, 1.165) is 5.56 Å². The molecule has 0 bridgehead atoms. The molecule has 19 heavy (non-hydrogen) atoms. The Hall–Kier alpha value is -1.24. The minimum Gasteiger partial charge on any atom is -0.382 e. The van der Waals surface area contributed by atoms with E-state index >= 15 is 0 Å². The molecule has 0 saturated heterocycles. The minimum absolute atomic E-state index is 0.0561. The molecule has 1 atom stereocenters. The number of hydrogen-bond acceptors (Lipinski definition) is 5. The summed E-state index contributed by atoms with van der Waals surface area (Å²) in [5.74, 6) is -0.427. The molecule has 0 saturated carbocycles. The van der Waals surface area contributed by atoms with E-state index in [1.807, 2.05) is 6.92 Å². The van der Waals surface area contributed by atoms with E-state index in [2.05, 4.69) is 0 Å². The Morgan fingerprint density at radius 1 is 1.32 bits per heavy atom. The fraction of sp³-hybridized carbons (Fsp3) is 0.462. The van der Waals surface area contributed by atoms with E-state index in [1.54, 1.807) is 12.1 Å². The molecule has 1 rings (SSSR count). The SMILES string of the molecule is CC(=O)C(C)(O)CCOS(=O)(=O)c1ccc(C)cc1. The fourth-order valence-corrected chi connectivity index (χ4v) is 2.21. The standard InChI is InChI=1S/C13H18O5S/c1-10-4-6-12(7-5-10)19(16,17)18-9-8-13(3,15)11(2)14/h4-7,15H,8-9H2,1-3H3. The van der Waals surface area contributed by atoms with Gasteiger partial charge < -0.3 is 5.11 Å². The maximum atomic E-state index is 11.8.